The molecule has 100 valence electrons. The van der Waals surface area contributed by atoms with Crippen molar-refractivity contribution in [2.45, 2.75) is 13.8 Å². The van der Waals surface area contributed by atoms with E-state index in [1.54, 1.807) is 0 Å². The molecule has 12 heteroatoms. The van der Waals surface area contributed by atoms with Gasteiger partial charge in [0, 0.05) is 7.11 Å². The van der Waals surface area contributed by atoms with E-state index in [4.69, 9.17) is 43.6 Å². The lowest BCUT2D eigenvalue weighted by Gasteiger charge is -1.82. The van der Waals surface area contributed by atoms with E-state index in [0.717, 1.165) is 7.11 Å². The summed E-state index contributed by atoms with van der Waals surface area (Å²) in [4.78, 5) is 43.1. The molecule has 0 bridgehead atoms. The van der Waals surface area contributed by atoms with Crippen LogP contribution in [0.1, 0.15) is 13.8 Å². The van der Waals surface area contributed by atoms with Crippen LogP contribution in [0.5, 0.6) is 0 Å². The van der Waals surface area contributed by atoms with Crippen LogP contribution in [0.4, 0.5) is 0 Å². The molecule has 0 atom stereocenters. The minimum atomic E-state index is -4.64. The Morgan fingerprint density at radius 2 is 0.667 bits per heavy atom. The summed E-state index contributed by atoms with van der Waals surface area (Å²) in [5, 5.41) is 7.00. The fraction of sp³-hybridized carbons (Fsp3) is 1.00. The predicted octanol–water partition coefficient (Wildman–Crippen LogP) is -1.06. The van der Waals surface area contributed by atoms with Gasteiger partial charge < -0.3 is 40.6 Å². The Morgan fingerprint density at radius 3 is 0.667 bits per heavy atom. The molecule has 0 unspecified atom stereocenters. The number of hydrogen-bond acceptors (Lipinski definition) is 4. The van der Waals surface area contributed by atoms with Crippen LogP contribution in [-0.4, -0.2) is 41.6 Å². The lowest BCUT2D eigenvalue weighted by atomic mass is 11.0. The van der Waals surface area contributed by atoms with Crippen molar-refractivity contribution in [2.75, 3.05) is 7.11 Å². The maximum absolute atomic E-state index is 8.88. The third-order valence-corrected chi connectivity index (χ3v) is 0. The molecule has 0 rings (SSSR count). The van der Waals surface area contributed by atoms with Crippen LogP contribution in [0.3, 0.4) is 0 Å². The summed E-state index contributed by atoms with van der Waals surface area (Å²) in [6.45, 7) is 4.00. The number of hydrogen-bond donors (Lipinski definition) is 8. The van der Waals surface area contributed by atoms with Crippen molar-refractivity contribution < 1.29 is 43.6 Å². The van der Waals surface area contributed by atoms with E-state index in [-0.39, 0.29) is 6.15 Å². The second-order valence-electron chi connectivity index (χ2n) is 1.03. The Kier molecular flexibility index (Phi) is 32.5. The van der Waals surface area contributed by atoms with Crippen LogP contribution in [0.2, 0.25) is 0 Å². The fourth-order valence-electron chi connectivity index (χ4n) is 0. The van der Waals surface area contributed by atoms with Crippen molar-refractivity contribution in [1.29, 1.82) is 0 Å². The third kappa shape index (κ3) is 106000. The van der Waals surface area contributed by atoms with E-state index in [9.17, 15) is 0 Å². The molecule has 10 nitrogen and oxygen atoms in total. The molecule has 0 fully saturated rings. The zero-order valence-electron chi connectivity index (χ0n) is 8.55. The van der Waals surface area contributed by atoms with Crippen LogP contribution in [0.15, 0.2) is 0 Å². The highest BCUT2D eigenvalue weighted by atomic mass is 31.2. The van der Waals surface area contributed by atoms with E-state index in [2.05, 4.69) is 0 Å². The monoisotopic (exact) mass is 275 g/mol. The number of aliphatic hydroxyl groups excluding tert-OH is 1. The summed E-state index contributed by atoms with van der Waals surface area (Å²) in [6, 6.07) is 0. The SMILES string of the molecule is CC.CO.N.O=P(O)(O)O.O=P(O)(O)O. The number of aliphatic hydroxyl groups is 1. The molecule has 0 aromatic carbocycles. The van der Waals surface area contributed by atoms with Gasteiger partial charge in [-0.05, 0) is 0 Å². The van der Waals surface area contributed by atoms with Gasteiger partial charge in [-0.25, -0.2) is 9.13 Å². The van der Waals surface area contributed by atoms with Crippen molar-refractivity contribution in [3.8, 4) is 0 Å². The summed E-state index contributed by atoms with van der Waals surface area (Å²) >= 11 is 0. The molecular formula is C3H19NO9P2. The first kappa shape index (κ1) is 29.4. The lowest BCUT2D eigenvalue weighted by Crippen LogP contribution is -1.66. The van der Waals surface area contributed by atoms with Gasteiger partial charge in [0.05, 0.1) is 0 Å². The van der Waals surface area contributed by atoms with Gasteiger partial charge >= 0.3 is 15.6 Å². The molecule has 0 amide bonds. The second-order valence-corrected chi connectivity index (χ2v) is 3.08. The van der Waals surface area contributed by atoms with Crippen molar-refractivity contribution in [2.24, 2.45) is 0 Å². The molecular weight excluding hydrogens is 256 g/mol. The topological polar surface area (TPSA) is 211 Å². The van der Waals surface area contributed by atoms with Gasteiger partial charge in [-0.3, -0.25) is 0 Å². The van der Waals surface area contributed by atoms with Gasteiger partial charge in [-0.15, -0.1) is 0 Å². The molecule has 0 heterocycles. The fourth-order valence-corrected chi connectivity index (χ4v) is 0. The smallest absolute Gasteiger partial charge is 0.400 e. The Hall–Kier alpha value is 0.140. The van der Waals surface area contributed by atoms with Crippen LogP contribution in [0, 0.1) is 0 Å². The molecule has 0 saturated heterocycles. The van der Waals surface area contributed by atoms with Crippen LogP contribution < -0.4 is 6.15 Å². The van der Waals surface area contributed by atoms with E-state index in [0.29, 0.717) is 0 Å². The Labute approximate surface area is 87.3 Å². The Bertz CT molecular complexity index is 136. The molecule has 0 aromatic heterocycles. The van der Waals surface area contributed by atoms with Crippen LogP contribution in [-0.2, 0) is 9.13 Å². The molecule has 0 spiro atoms. The zero-order valence-corrected chi connectivity index (χ0v) is 10.3. The normalized spacial score (nSPS) is 8.67. The maximum Gasteiger partial charge on any atom is 0.466 e. The van der Waals surface area contributed by atoms with E-state index in [1.807, 2.05) is 13.8 Å². The summed E-state index contributed by atoms with van der Waals surface area (Å²) in [7, 11) is -8.28. The quantitative estimate of drug-likeness (QED) is 0.251. The Morgan fingerprint density at radius 1 is 0.667 bits per heavy atom. The molecule has 0 aliphatic carbocycles. The largest absolute Gasteiger partial charge is 0.466 e. The molecule has 0 aliphatic heterocycles. The van der Waals surface area contributed by atoms with Crippen LogP contribution >= 0.6 is 15.6 Å². The molecule has 10 N–H and O–H groups in total. The van der Waals surface area contributed by atoms with Gasteiger partial charge in [-0.1, -0.05) is 13.8 Å². The molecule has 0 aliphatic rings. The first-order chi connectivity index (χ1) is 6.00. The first-order valence-corrected chi connectivity index (χ1v) is 6.14. The maximum atomic E-state index is 8.88. The van der Waals surface area contributed by atoms with Gasteiger partial charge in [0.15, 0.2) is 0 Å². The highest BCUT2D eigenvalue weighted by Gasteiger charge is 2.00. The average Bonchev–Trinajstić information content (AvgIpc) is 1.88. The zero-order chi connectivity index (χ0) is 13.0. The van der Waals surface area contributed by atoms with E-state index in [1.165, 1.54) is 0 Å². The standard InChI is InChI=1S/C2H6.CH4O.H3N.2H3O4P/c2*1-2;;2*1-5(2,3)4/h1-2H3;2H,1H3;1H3;2*(H3,1,2,3,4). The minimum absolute atomic E-state index is 0. The van der Waals surface area contributed by atoms with Gasteiger partial charge in [-0.2, -0.15) is 0 Å². The van der Waals surface area contributed by atoms with E-state index < -0.39 is 15.6 Å². The highest BCUT2D eigenvalue weighted by Crippen LogP contribution is 2.26. The molecule has 15 heavy (non-hydrogen) atoms. The molecule has 0 saturated carbocycles. The summed E-state index contributed by atoms with van der Waals surface area (Å²) in [5.41, 5.74) is 0. The summed E-state index contributed by atoms with van der Waals surface area (Å²) < 4.78 is 17.8. The molecule has 0 aromatic rings. The number of phosphoric acid groups is 2. The Balaban J connectivity index is -0.0000000318. The van der Waals surface area contributed by atoms with Crippen molar-refractivity contribution in [3.63, 3.8) is 0 Å². The van der Waals surface area contributed by atoms with Crippen LogP contribution in [0.25, 0.3) is 0 Å². The average molecular weight is 275 g/mol. The first-order valence-electron chi connectivity index (χ1n) is 3.01. The second kappa shape index (κ2) is 16.6. The lowest BCUT2D eigenvalue weighted by molar-refractivity contribution is 0.272. The predicted molar refractivity (Wildman–Crippen MR) is 53.0 cm³/mol. The summed E-state index contributed by atoms with van der Waals surface area (Å²) in [6.07, 6.45) is 0. The van der Waals surface area contributed by atoms with E-state index >= 15 is 0 Å². The van der Waals surface area contributed by atoms with Gasteiger partial charge in [0.2, 0.25) is 0 Å². The molecule has 0 radical (unpaired) electrons. The number of rotatable bonds is 0. The van der Waals surface area contributed by atoms with Gasteiger partial charge in [0.25, 0.3) is 0 Å². The van der Waals surface area contributed by atoms with Crippen molar-refractivity contribution in [3.05, 3.63) is 0 Å². The van der Waals surface area contributed by atoms with Crippen molar-refractivity contribution in [1.82, 2.24) is 6.15 Å². The van der Waals surface area contributed by atoms with Crippen molar-refractivity contribution >= 4 is 15.6 Å². The highest BCUT2D eigenvalue weighted by molar-refractivity contribution is 7.45. The van der Waals surface area contributed by atoms with Gasteiger partial charge in [0.1, 0.15) is 0 Å². The summed E-state index contributed by atoms with van der Waals surface area (Å²) in [5.74, 6) is 0. The minimum Gasteiger partial charge on any atom is -0.400 e. The third-order valence-electron chi connectivity index (χ3n) is 0.